The zero-order valence-electron chi connectivity index (χ0n) is 36.8. The van der Waals surface area contributed by atoms with Gasteiger partial charge in [-0.1, -0.05) is 108 Å². The van der Waals surface area contributed by atoms with Gasteiger partial charge in [-0.25, -0.2) is 8.42 Å². The van der Waals surface area contributed by atoms with Crippen molar-refractivity contribution in [1.82, 2.24) is 9.13 Å². The average Bonchev–Trinajstić information content (AvgIpc) is 3.91. The minimum absolute atomic E-state index is 0.242. The molecule has 0 fully saturated rings. The Bertz CT molecular complexity index is 3820. The van der Waals surface area contributed by atoms with Gasteiger partial charge in [-0.05, 0) is 146 Å². The molecule has 9 heteroatoms. The van der Waals surface area contributed by atoms with E-state index in [2.05, 4.69) is 201 Å². The van der Waals surface area contributed by atoms with Crippen LogP contribution in [0.1, 0.15) is 0 Å². The number of benzene rings is 10. The number of rotatable bonds is 6. The average molecular weight is 943 g/mol. The third-order valence-electron chi connectivity index (χ3n) is 13.5. The molecule has 0 bridgehead atoms. The number of fused-ring (bicyclic) bond motifs is 10. The monoisotopic (exact) mass is 942 g/mol. The molecule has 12 aromatic rings. The third kappa shape index (κ3) is 6.24. The van der Waals surface area contributed by atoms with Gasteiger partial charge in [0.15, 0.2) is 0 Å². The fourth-order valence-corrected chi connectivity index (χ4v) is 13.8. The molecule has 0 N–H and O–H groups in total. The van der Waals surface area contributed by atoms with Crippen molar-refractivity contribution in [2.75, 3.05) is 9.80 Å². The van der Waals surface area contributed by atoms with Crippen LogP contribution in [0.2, 0.25) is 0 Å². The number of para-hydroxylation sites is 6. The fraction of sp³-hybridized carbons (Fsp3) is 0. The van der Waals surface area contributed by atoms with Crippen molar-refractivity contribution in [2.45, 2.75) is 29.4 Å². The molecule has 4 heterocycles. The molecule has 2 aromatic heterocycles. The predicted octanol–water partition coefficient (Wildman–Crippen LogP) is 16.6. The Balaban J connectivity index is 0.800. The van der Waals surface area contributed by atoms with Gasteiger partial charge in [-0.15, -0.1) is 0 Å². The molecule has 0 aliphatic carbocycles. The summed E-state index contributed by atoms with van der Waals surface area (Å²) in [6, 6.07) is 79.0. The summed E-state index contributed by atoms with van der Waals surface area (Å²) < 4.78 is 33.2. The van der Waals surface area contributed by atoms with Crippen LogP contribution in [-0.4, -0.2) is 17.6 Å². The fourth-order valence-electron chi connectivity index (χ4n) is 10.4. The second kappa shape index (κ2) is 15.5. The number of sulfone groups is 1. The zero-order chi connectivity index (χ0) is 45.8. The lowest BCUT2D eigenvalue weighted by atomic mass is 10.1. The van der Waals surface area contributed by atoms with E-state index in [-0.39, 0.29) is 9.79 Å². The van der Waals surface area contributed by atoms with E-state index in [1.165, 1.54) is 19.6 Å². The quantitative estimate of drug-likeness (QED) is 0.166. The van der Waals surface area contributed by atoms with Gasteiger partial charge in [0.1, 0.15) is 0 Å². The van der Waals surface area contributed by atoms with Crippen molar-refractivity contribution in [3.05, 3.63) is 231 Å². The summed E-state index contributed by atoms with van der Waals surface area (Å²) in [6.45, 7) is 0. The van der Waals surface area contributed by atoms with Crippen molar-refractivity contribution >= 4 is 111 Å². The van der Waals surface area contributed by atoms with E-state index in [0.29, 0.717) is 0 Å². The minimum atomic E-state index is -3.85. The summed E-state index contributed by atoms with van der Waals surface area (Å²) in [5, 5.41) is 4.49. The predicted molar refractivity (Wildman–Crippen MR) is 285 cm³/mol. The number of nitrogens with zero attached hydrogens (tertiary/aromatic N) is 4. The molecule has 14 rings (SSSR count). The van der Waals surface area contributed by atoms with Gasteiger partial charge < -0.3 is 18.9 Å². The summed E-state index contributed by atoms with van der Waals surface area (Å²) in [5.41, 5.74) is 12.7. The molecular weight excluding hydrogens is 905 g/mol. The molecule has 328 valence electrons. The number of aromatic nitrogens is 2. The first-order chi connectivity index (χ1) is 34.0. The van der Waals surface area contributed by atoms with Crippen LogP contribution < -0.4 is 9.80 Å². The number of hydrogen-bond donors (Lipinski definition) is 0. The van der Waals surface area contributed by atoms with E-state index in [4.69, 9.17) is 0 Å². The first-order valence-electron chi connectivity index (χ1n) is 22.8. The van der Waals surface area contributed by atoms with E-state index < -0.39 is 9.84 Å². The van der Waals surface area contributed by atoms with Crippen molar-refractivity contribution in [2.24, 2.45) is 0 Å². The molecule has 0 amide bonds. The minimum Gasteiger partial charge on any atom is -0.309 e. The molecule has 0 atom stereocenters. The number of anilines is 6. The van der Waals surface area contributed by atoms with Gasteiger partial charge in [-0.3, -0.25) is 0 Å². The van der Waals surface area contributed by atoms with Crippen LogP contribution in [-0.2, 0) is 9.84 Å². The van der Waals surface area contributed by atoms with E-state index in [1.807, 2.05) is 24.3 Å². The zero-order valence-corrected chi connectivity index (χ0v) is 39.2. The lowest BCUT2D eigenvalue weighted by Crippen LogP contribution is -2.14. The largest absolute Gasteiger partial charge is 0.309 e. The Morgan fingerprint density at radius 1 is 0.290 bits per heavy atom. The van der Waals surface area contributed by atoms with Crippen molar-refractivity contribution in [3.8, 4) is 11.4 Å². The maximum atomic E-state index is 14.4. The lowest BCUT2D eigenvalue weighted by molar-refractivity contribution is 0.596. The van der Waals surface area contributed by atoms with Crippen LogP contribution in [0.3, 0.4) is 0 Å². The molecule has 0 radical (unpaired) electrons. The molecule has 10 aromatic carbocycles. The second-order valence-corrected chi connectivity index (χ2v) is 21.5. The van der Waals surface area contributed by atoms with Crippen molar-refractivity contribution in [1.29, 1.82) is 0 Å². The molecular formula is C60H38N4O2S3. The Labute approximate surface area is 407 Å². The Morgan fingerprint density at radius 3 is 0.971 bits per heavy atom. The van der Waals surface area contributed by atoms with Crippen LogP contribution >= 0.6 is 23.5 Å². The van der Waals surface area contributed by atoms with Gasteiger partial charge in [0.2, 0.25) is 9.84 Å². The summed E-state index contributed by atoms with van der Waals surface area (Å²) in [4.78, 5) is 10.1. The smallest absolute Gasteiger partial charge is 0.206 e. The molecule has 0 saturated carbocycles. The molecule has 0 spiro atoms. The van der Waals surface area contributed by atoms with Crippen LogP contribution in [0.15, 0.2) is 260 Å². The summed E-state index contributed by atoms with van der Waals surface area (Å²) in [6.07, 6.45) is 0. The normalized spacial score (nSPS) is 13.2. The Morgan fingerprint density at radius 2 is 0.594 bits per heavy atom. The summed E-state index contributed by atoms with van der Waals surface area (Å²) >= 11 is 3.60. The summed E-state index contributed by atoms with van der Waals surface area (Å²) in [7, 11) is -3.85. The maximum absolute atomic E-state index is 14.4. The molecule has 0 saturated heterocycles. The first-order valence-corrected chi connectivity index (χ1v) is 25.9. The highest BCUT2D eigenvalue weighted by Gasteiger charge is 2.28. The summed E-state index contributed by atoms with van der Waals surface area (Å²) in [5.74, 6) is 0. The Kier molecular flexibility index (Phi) is 9.05. The van der Waals surface area contributed by atoms with Gasteiger partial charge in [0.05, 0.1) is 54.6 Å². The van der Waals surface area contributed by atoms with Gasteiger partial charge >= 0.3 is 0 Å². The van der Waals surface area contributed by atoms with Crippen LogP contribution in [0, 0.1) is 0 Å². The third-order valence-corrected chi connectivity index (χ3v) is 17.5. The van der Waals surface area contributed by atoms with E-state index in [0.717, 1.165) is 89.1 Å². The van der Waals surface area contributed by atoms with Crippen LogP contribution in [0.4, 0.5) is 34.1 Å². The molecule has 6 nitrogen and oxygen atoms in total. The maximum Gasteiger partial charge on any atom is 0.206 e. The van der Waals surface area contributed by atoms with Crippen molar-refractivity contribution < 1.29 is 8.42 Å². The highest BCUT2D eigenvalue weighted by atomic mass is 32.2. The molecule has 0 unspecified atom stereocenters. The highest BCUT2D eigenvalue weighted by molar-refractivity contribution is 8.00. The van der Waals surface area contributed by atoms with Gasteiger partial charge in [0, 0.05) is 63.9 Å². The van der Waals surface area contributed by atoms with E-state index in [9.17, 15) is 8.42 Å². The van der Waals surface area contributed by atoms with Crippen LogP contribution in [0.25, 0.3) is 55.0 Å². The standard InChI is InChI=1S/C60H38N4O2S3/c65-69(66,43-31-25-39(26-32-43)61-49-15-3-1-13-45(49)47-37-41(29-35-51(47)61)63-53-17-5-9-21-57(53)67-58-22-10-6-18-54(58)63)44-33-27-40(28-34-44)62-50-16-4-2-14-46(50)48-38-42(30-36-52(48)62)64-55-19-7-11-23-59(55)68-60-24-12-8-20-56(60)64/h1-38H. The van der Waals surface area contributed by atoms with Gasteiger partial charge in [0.25, 0.3) is 0 Å². The van der Waals surface area contributed by atoms with Crippen LogP contribution in [0.5, 0.6) is 0 Å². The first kappa shape index (κ1) is 40.1. The SMILES string of the molecule is O=S(=O)(c1ccc(-n2c3ccccc3c3cc(N4c5ccccc5Sc5ccccc54)ccc32)cc1)c1ccc(-n2c3ccccc3c3cc(N4c5ccccc5Sc5ccccc54)ccc32)cc1. The lowest BCUT2D eigenvalue weighted by Gasteiger charge is -2.32. The van der Waals surface area contributed by atoms with Crippen molar-refractivity contribution in [3.63, 3.8) is 0 Å². The van der Waals surface area contributed by atoms with Gasteiger partial charge in [-0.2, -0.15) is 0 Å². The number of hydrogen-bond acceptors (Lipinski definition) is 6. The highest BCUT2D eigenvalue weighted by Crippen LogP contribution is 2.53. The molecule has 2 aliphatic rings. The molecule has 69 heavy (non-hydrogen) atoms. The van der Waals surface area contributed by atoms with E-state index >= 15 is 0 Å². The molecule has 2 aliphatic heterocycles. The van der Waals surface area contributed by atoms with E-state index in [1.54, 1.807) is 47.8 Å². The topological polar surface area (TPSA) is 50.5 Å². The second-order valence-electron chi connectivity index (χ2n) is 17.3. The Hall–Kier alpha value is -7.95.